The fraction of sp³-hybridized carbons (Fsp3) is 0.333. The molecule has 0 bridgehead atoms. The van der Waals surface area contributed by atoms with Gasteiger partial charge in [0.1, 0.15) is 5.69 Å². The molecule has 0 saturated carbocycles. The maximum absolute atomic E-state index is 12.2. The summed E-state index contributed by atoms with van der Waals surface area (Å²) >= 11 is 0. The third kappa shape index (κ3) is 4.22. The summed E-state index contributed by atoms with van der Waals surface area (Å²) in [6.07, 6.45) is 1.69. The topological polar surface area (TPSA) is 48.5 Å². The van der Waals surface area contributed by atoms with Gasteiger partial charge < -0.3 is 15.1 Å². The summed E-state index contributed by atoms with van der Waals surface area (Å²) in [6.45, 7) is 5.31. The lowest BCUT2D eigenvalue weighted by atomic mass is 10.2. The smallest absolute Gasteiger partial charge is 0.272 e. The Morgan fingerprint density at radius 1 is 1.00 bits per heavy atom. The minimum atomic E-state index is -0.0307. The monoisotopic (exact) mass is 312 g/mol. The summed E-state index contributed by atoms with van der Waals surface area (Å²) in [6, 6.07) is 11.8. The lowest BCUT2D eigenvalue weighted by Gasteiger charge is -2.18. The van der Waals surface area contributed by atoms with E-state index in [0.717, 1.165) is 17.1 Å². The van der Waals surface area contributed by atoms with Crippen molar-refractivity contribution in [2.45, 2.75) is 13.8 Å². The quantitative estimate of drug-likeness (QED) is 0.888. The Morgan fingerprint density at radius 3 is 2.09 bits per heavy atom. The van der Waals surface area contributed by atoms with Gasteiger partial charge in [-0.1, -0.05) is 0 Å². The van der Waals surface area contributed by atoms with E-state index >= 15 is 0 Å². The molecule has 1 aromatic carbocycles. The van der Waals surface area contributed by atoms with E-state index in [2.05, 4.69) is 15.2 Å². The number of pyridine rings is 1. The van der Waals surface area contributed by atoms with Gasteiger partial charge >= 0.3 is 0 Å². The molecule has 0 atom stereocenters. The second-order valence-electron chi connectivity index (χ2n) is 5.48. The maximum atomic E-state index is 12.2. The minimum absolute atomic E-state index is 0.0307. The molecule has 5 heteroatoms. The molecule has 0 saturated heterocycles. The maximum Gasteiger partial charge on any atom is 0.272 e. The van der Waals surface area contributed by atoms with Gasteiger partial charge in [0, 0.05) is 38.6 Å². The Labute approximate surface area is 137 Å². The Balaban J connectivity index is 2.06. The van der Waals surface area contributed by atoms with Gasteiger partial charge in [-0.05, 0) is 50.2 Å². The van der Waals surface area contributed by atoms with Crippen molar-refractivity contribution < 1.29 is 4.79 Å². The van der Waals surface area contributed by atoms with Crippen molar-refractivity contribution in [2.75, 3.05) is 37.4 Å². The van der Waals surface area contributed by atoms with Crippen LogP contribution >= 0.6 is 0 Å². The van der Waals surface area contributed by atoms with E-state index in [-0.39, 0.29) is 5.91 Å². The van der Waals surface area contributed by atoms with E-state index in [9.17, 15) is 4.79 Å². The van der Waals surface area contributed by atoms with Gasteiger partial charge in [0.25, 0.3) is 5.91 Å². The second-order valence-corrected chi connectivity index (χ2v) is 5.48. The molecule has 2 aromatic rings. The van der Waals surface area contributed by atoms with Crippen LogP contribution in [0.5, 0.6) is 0 Å². The second kappa shape index (κ2) is 7.63. The van der Waals surface area contributed by atoms with Gasteiger partial charge in [0.2, 0.25) is 0 Å². The van der Waals surface area contributed by atoms with Gasteiger partial charge in [0.15, 0.2) is 0 Å². The average Bonchev–Trinajstić information content (AvgIpc) is 2.57. The van der Waals surface area contributed by atoms with Crippen LogP contribution in [0, 0.1) is 0 Å². The lowest BCUT2D eigenvalue weighted by Crippen LogP contribution is -2.31. The van der Waals surface area contributed by atoms with Crippen LogP contribution in [0.1, 0.15) is 24.3 Å². The van der Waals surface area contributed by atoms with Crippen LogP contribution in [0.4, 0.5) is 17.1 Å². The van der Waals surface area contributed by atoms with Crippen LogP contribution in [0.25, 0.3) is 0 Å². The molecule has 0 aliphatic carbocycles. The predicted octanol–water partition coefficient (Wildman–Crippen LogP) is 3.37. The highest BCUT2D eigenvalue weighted by Crippen LogP contribution is 2.19. The number of hydrogen-bond acceptors (Lipinski definition) is 4. The molecule has 2 rings (SSSR count). The number of rotatable bonds is 6. The summed E-state index contributed by atoms with van der Waals surface area (Å²) in [7, 11) is 4.02. The Kier molecular flexibility index (Phi) is 5.57. The van der Waals surface area contributed by atoms with Crippen LogP contribution in [-0.4, -0.2) is 43.0 Å². The van der Waals surface area contributed by atoms with Crippen molar-refractivity contribution in [3.05, 3.63) is 48.3 Å². The van der Waals surface area contributed by atoms with Crippen molar-refractivity contribution in [1.29, 1.82) is 0 Å². The minimum Gasteiger partial charge on any atom is -0.378 e. The van der Waals surface area contributed by atoms with Gasteiger partial charge in [-0.25, -0.2) is 4.98 Å². The van der Waals surface area contributed by atoms with Crippen LogP contribution in [-0.2, 0) is 0 Å². The van der Waals surface area contributed by atoms with Crippen molar-refractivity contribution >= 4 is 23.0 Å². The molecule has 1 aromatic heterocycles. The van der Waals surface area contributed by atoms with E-state index in [1.807, 2.05) is 58.3 Å². The normalized spacial score (nSPS) is 10.3. The largest absolute Gasteiger partial charge is 0.378 e. The number of nitrogens with zero attached hydrogens (tertiary/aromatic N) is 3. The van der Waals surface area contributed by atoms with E-state index in [0.29, 0.717) is 18.8 Å². The number of anilines is 3. The van der Waals surface area contributed by atoms with Crippen LogP contribution in [0.15, 0.2) is 42.6 Å². The molecular weight excluding hydrogens is 288 g/mol. The SMILES string of the molecule is CCN(CC)C(=O)c1ccc(Nc2ccc(N(C)C)cc2)cn1. The highest BCUT2D eigenvalue weighted by atomic mass is 16.2. The third-order valence-electron chi connectivity index (χ3n) is 3.71. The van der Waals surface area contributed by atoms with Crippen LogP contribution < -0.4 is 10.2 Å². The first kappa shape index (κ1) is 16.8. The summed E-state index contributed by atoms with van der Waals surface area (Å²) in [5.41, 5.74) is 3.47. The van der Waals surface area contributed by atoms with Crippen molar-refractivity contribution in [1.82, 2.24) is 9.88 Å². The van der Waals surface area contributed by atoms with Gasteiger partial charge in [-0.2, -0.15) is 0 Å². The zero-order chi connectivity index (χ0) is 16.8. The van der Waals surface area contributed by atoms with Gasteiger partial charge in [-0.15, -0.1) is 0 Å². The molecule has 0 aliphatic heterocycles. The molecule has 23 heavy (non-hydrogen) atoms. The number of carbonyl (C=O) groups is 1. The van der Waals surface area contributed by atoms with Crippen molar-refractivity contribution in [2.24, 2.45) is 0 Å². The molecule has 0 fully saturated rings. The highest BCUT2D eigenvalue weighted by Gasteiger charge is 2.13. The Bertz CT molecular complexity index is 631. The van der Waals surface area contributed by atoms with Gasteiger partial charge in [-0.3, -0.25) is 4.79 Å². The van der Waals surface area contributed by atoms with Gasteiger partial charge in [0.05, 0.1) is 11.9 Å². The number of aromatic nitrogens is 1. The number of hydrogen-bond donors (Lipinski definition) is 1. The van der Waals surface area contributed by atoms with Crippen LogP contribution in [0.3, 0.4) is 0 Å². The first-order valence-corrected chi connectivity index (χ1v) is 7.84. The summed E-state index contributed by atoms with van der Waals surface area (Å²) < 4.78 is 0. The average molecular weight is 312 g/mol. The van der Waals surface area contributed by atoms with E-state index < -0.39 is 0 Å². The standard InChI is InChI=1S/C18H24N4O/c1-5-22(6-2)18(23)17-12-9-15(13-19-17)20-14-7-10-16(11-8-14)21(3)4/h7-13,20H,5-6H2,1-4H3. The number of nitrogens with one attached hydrogen (secondary N) is 1. The first-order chi connectivity index (χ1) is 11.0. The first-order valence-electron chi connectivity index (χ1n) is 7.84. The molecule has 0 unspecified atom stereocenters. The number of benzene rings is 1. The number of amides is 1. The molecule has 122 valence electrons. The van der Waals surface area contributed by atoms with E-state index in [4.69, 9.17) is 0 Å². The van der Waals surface area contributed by atoms with Crippen molar-refractivity contribution in [3.8, 4) is 0 Å². The zero-order valence-corrected chi connectivity index (χ0v) is 14.2. The molecule has 5 nitrogen and oxygen atoms in total. The molecule has 1 heterocycles. The zero-order valence-electron chi connectivity index (χ0n) is 14.2. The van der Waals surface area contributed by atoms with Crippen molar-refractivity contribution in [3.63, 3.8) is 0 Å². The summed E-state index contributed by atoms with van der Waals surface area (Å²) in [4.78, 5) is 20.3. The van der Waals surface area contributed by atoms with E-state index in [1.165, 1.54) is 0 Å². The molecule has 0 spiro atoms. The Morgan fingerprint density at radius 2 is 1.61 bits per heavy atom. The summed E-state index contributed by atoms with van der Waals surface area (Å²) in [5.74, 6) is -0.0307. The molecule has 0 aliphatic rings. The van der Waals surface area contributed by atoms with E-state index in [1.54, 1.807) is 17.2 Å². The molecule has 1 N–H and O–H groups in total. The fourth-order valence-corrected chi connectivity index (χ4v) is 2.28. The lowest BCUT2D eigenvalue weighted by molar-refractivity contribution is 0.0767. The molecule has 1 amide bonds. The predicted molar refractivity (Wildman–Crippen MR) is 95.5 cm³/mol. The highest BCUT2D eigenvalue weighted by molar-refractivity contribution is 5.92. The van der Waals surface area contributed by atoms with Crippen LogP contribution in [0.2, 0.25) is 0 Å². The molecule has 0 radical (unpaired) electrons. The number of carbonyl (C=O) groups excluding carboxylic acids is 1. The molecular formula is C18H24N4O. The third-order valence-corrected chi connectivity index (χ3v) is 3.71. The Hall–Kier alpha value is -2.56. The summed E-state index contributed by atoms with van der Waals surface area (Å²) in [5, 5.41) is 3.29. The fourth-order valence-electron chi connectivity index (χ4n) is 2.28.